The third-order valence-electron chi connectivity index (χ3n) is 9.48. The van der Waals surface area contributed by atoms with E-state index in [2.05, 4.69) is 39.8 Å². The Morgan fingerprint density at radius 3 is 2.43 bits per heavy atom. The second-order valence-corrected chi connectivity index (χ2v) is 15.3. The first-order valence-corrected chi connectivity index (χ1v) is 20.1. The molecule has 0 spiro atoms. The van der Waals surface area contributed by atoms with Crippen LogP contribution in [0.5, 0.6) is 5.75 Å². The average Bonchev–Trinajstić information content (AvgIpc) is 3.74. The number of imidazole rings is 1. The number of nitrogens with two attached hydrogens (primary N) is 1. The Morgan fingerprint density at radius 1 is 1.11 bits per heavy atom. The van der Waals surface area contributed by atoms with Crippen molar-refractivity contribution in [3.8, 4) is 18.1 Å². The summed E-state index contributed by atoms with van der Waals surface area (Å²) in [6.07, 6.45) is 12.3. The van der Waals surface area contributed by atoms with Crippen molar-refractivity contribution in [3.63, 3.8) is 0 Å². The van der Waals surface area contributed by atoms with Crippen LogP contribution in [0.2, 0.25) is 0 Å². The smallest absolute Gasteiger partial charge is 0.459 e. The number of carbonyl (C=O) groups is 1. The van der Waals surface area contributed by atoms with Crippen LogP contribution < -0.4 is 15.3 Å². The summed E-state index contributed by atoms with van der Waals surface area (Å²) < 4.78 is 54.4. The molecule has 1 aliphatic rings. The van der Waals surface area contributed by atoms with Crippen molar-refractivity contribution in [2.45, 2.75) is 102 Å². The lowest BCUT2D eigenvalue weighted by Gasteiger charge is -2.30. The number of terminal acetylenes is 1. The summed E-state index contributed by atoms with van der Waals surface area (Å²) in [5.74, 6) is 2.07. The summed E-state index contributed by atoms with van der Waals surface area (Å²) in [6.45, 7) is 3.92. The van der Waals surface area contributed by atoms with Crippen LogP contribution in [0.25, 0.3) is 11.2 Å². The molecule has 2 aromatic carbocycles. The van der Waals surface area contributed by atoms with Gasteiger partial charge in [-0.15, -0.1) is 6.42 Å². The number of aliphatic hydroxyl groups excluding tert-OH is 1. The zero-order valence-corrected chi connectivity index (χ0v) is 31.7. The highest BCUT2D eigenvalue weighted by Crippen LogP contribution is 2.48. The van der Waals surface area contributed by atoms with Crippen LogP contribution >= 0.6 is 7.75 Å². The highest BCUT2D eigenvalue weighted by molar-refractivity contribution is 7.52. The van der Waals surface area contributed by atoms with Crippen molar-refractivity contribution in [1.82, 2.24) is 24.6 Å². The largest absolute Gasteiger partial charge is 0.464 e. The van der Waals surface area contributed by atoms with E-state index >= 15 is 0 Å². The molecule has 4 aromatic rings. The van der Waals surface area contributed by atoms with E-state index in [0.717, 1.165) is 56.9 Å². The standard InChI is InChI=1S/C39H50FN6O7P/c1-4-7-11-19-29(20-12-8-5-2)25-50-37(48)31(23-28-17-13-9-14-18-28)45-54(49,53-30-21-15-10-16-22-30)51-26-39(6-3)32(47)24-33(52-39)46-27-42-34-35(41)43-38(40)44-36(34)46/h3,9-10,13-18,21-22,27,29,31-33,47H,4-5,7-8,11-12,19-20,23-26H2,1-2H3,(H,45,49)(H2,41,43,44)/t31-,32-,33+,39+,54-/m0/s1. The maximum absolute atomic E-state index is 14.8. The number of fused-ring (bicyclic) bond motifs is 1. The molecule has 13 nitrogen and oxygen atoms in total. The number of nitrogens with zero attached hydrogens (tertiary/aromatic N) is 4. The molecule has 0 radical (unpaired) electrons. The molecule has 4 N–H and O–H groups in total. The van der Waals surface area contributed by atoms with Crippen LogP contribution in [0.1, 0.15) is 83.4 Å². The maximum atomic E-state index is 14.8. The third-order valence-corrected chi connectivity index (χ3v) is 11.0. The summed E-state index contributed by atoms with van der Waals surface area (Å²) >= 11 is 0. The van der Waals surface area contributed by atoms with Crippen molar-refractivity contribution in [2.75, 3.05) is 18.9 Å². The minimum Gasteiger partial charge on any atom is -0.464 e. The molecule has 1 fully saturated rings. The van der Waals surface area contributed by atoms with Crippen LogP contribution in [0, 0.1) is 24.3 Å². The number of hydrogen-bond acceptors (Lipinski definition) is 11. The minimum absolute atomic E-state index is 0.0333. The quantitative estimate of drug-likeness (QED) is 0.0263. The van der Waals surface area contributed by atoms with E-state index in [1.54, 1.807) is 30.3 Å². The number of aromatic nitrogens is 4. The fourth-order valence-corrected chi connectivity index (χ4v) is 7.95. The minimum atomic E-state index is -4.49. The lowest BCUT2D eigenvalue weighted by molar-refractivity contribution is -0.147. The summed E-state index contributed by atoms with van der Waals surface area (Å²) in [6, 6.07) is 16.4. The van der Waals surface area contributed by atoms with Crippen molar-refractivity contribution in [1.29, 1.82) is 0 Å². The monoisotopic (exact) mass is 764 g/mol. The molecular weight excluding hydrogens is 714 g/mol. The van der Waals surface area contributed by atoms with Gasteiger partial charge in [0.2, 0.25) is 0 Å². The fraction of sp³-hybridized carbons (Fsp3) is 0.487. The Morgan fingerprint density at radius 2 is 1.78 bits per heavy atom. The van der Waals surface area contributed by atoms with Gasteiger partial charge in [-0.25, -0.2) is 9.55 Å². The number of anilines is 1. The van der Waals surface area contributed by atoms with E-state index in [1.807, 2.05) is 30.3 Å². The third kappa shape index (κ3) is 10.6. The van der Waals surface area contributed by atoms with E-state index in [1.165, 1.54) is 10.9 Å². The van der Waals surface area contributed by atoms with Crippen LogP contribution in [-0.2, 0) is 29.8 Å². The molecule has 5 atom stereocenters. The van der Waals surface area contributed by atoms with Gasteiger partial charge in [0.15, 0.2) is 22.6 Å². The number of unbranched alkanes of at least 4 members (excludes halogenated alkanes) is 4. The number of nitrogen functional groups attached to an aromatic ring is 1. The number of aliphatic hydroxyl groups is 1. The first-order chi connectivity index (χ1) is 26.1. The number of para-hydroxylation sites is 1. The number of esters is 1. The fourth-order valence-electron chi connectivity index (χ4n) is 6.44. The van der Waals surface area contributed by atoms with E-state index in [4.69, 9.17) is 30.7 Å². The molecule has 0 unspecified atom stereocenters. The SMILES string of the molecule is C#C[C@]1(CO[P@@](=O)(N[C@@H](Cc2ccccc2)C(=O)OCC(CCCCC)CCCCC)Oc2ccccc2)O[C@@H](n2cnc3c(N)nc(F)nc32)C[C@@H]1O. The number of halogens is 1. The molecule has 0 bridgehead atoms. The van der Waals surface area contributed by atoms with Crippen LogP contribution in [0.4, 0.5) is 10.2 Å². The van der Waals surface area contributed by atoms with Crippen molar-refractivity contribution in [2.24, 2.45) is 5.92 Å². The summed E-state index contributed by atoms with van der Waals surface area (Å²) in [5.41, 5.74) is 4.94. The van der Waals surface area contributed by atoms with E-state index < -0.39 is 50.4 Å². The molecule has 54 heavy (non-hydrogen) atoms. The second kappa shape index (κ2) is 19.3. The summed E-state index contributed by atoms with van der Waals surface area (Å²) in [4.78, 5) is 25.4. The molecule has 0 amide bonds. The number of hydrogen-bond donors (Lipinski definition) is 3. The average molecular weight is 765 g/mol. The molecule has 290 valence electrons. The van der Waals surface area contributed by atoms with Gasteiger partial charge in [-0.3, -0.25) is 13.9 Å². The number of carbonyl (C=O) groups excluding carboxylic acids is 1. The van der Waals surface area contributed by atoms with Gasteiger partial charge in [0, 0.05) is 6.42 Å². The van der Waals surface area contributed by atoms with E-state index in [-0.39, 0.29) is 48.1 Å². The summed E-state index contributed by atoms with van der Waals surface area (Å²) in [7, 11) is -4.49. The second-order valence-electron chi connectivity index (χ2n) is 13.6. The van der Waals surface area contributed by atoms with Gasteiger partial charge in [0.25, 0.3) is 0 Å². The lowest BCUT2D eigenvalue weighted by Crippen LogP contribution is -2.44. The highest BCUT2D eigenvalue weighted by atomic mass is 31.2. The molecule has 1 saturated heterocycles. The normalized spacial score (nSPS) is 20.1. The van der Waals surface area contributed by atoms with Gasteiger partial charge in [-0.05, 0) is 42.9 Å². The van der Waals surface area contributed by atoms with Crippen LogP contribution in [0.3, 0.4) is 0 Å². The molecule has 15 heteroatoms. The predicted octanol–water partition coefficient (Wildman–Crippen LogP) is 6.92. The van der Waals surface area contributed by atoms with Crippen molar-refractivity contribution >= 4 is 30.7 Å². The molecule has 0 saturated carbocycles. The Balaban J connectivity index is 1.38. The van der Waals surface area contributed by atoms with Crippen molar-refractivity contribution in [3.05, 3.63) is 78.6 Å². The van der Waals surface area contributed by atoms with Gasteiger partial charge in [-0.2, -0.15) is 19.4 Å². The lowest BCUT2D eigenvalue weighted by atomic mass is 9.96. The first-order valence-electron chi connectivity index (χ1n) is 18.5. The van der Waals surface area contributed by atoms with E-state index in [0.29, 0.717) is 0 Å². The highest BCUT2D eigenvalue weighted by Gasteiger charge is 2.50. The molecule has 2 aromatic heterocycles. The Hall–Kier alpha value is -4.38. The van der Waals surface area contributed by atoms with Gasteiger partial charge in [-0.1, -0.05) is 107 Å². The van der Waals surface area contributed by atoms with Crippen LogP contribution in [0.15, 0.2) is 67.0 Å². The van der Waals surface area contributed by atoms with Gasteiger partial charge in [0.05, 0.1) is 12.9 Å². The van der Waals surface area contributed by atoms with Crippen LogP contribution in [-0.4, -0.2) is 61.6 Å². The Labute approximate surface area is 315 Å². The van der Waals surface area contributed by atoms with Gasteiger partial charge < -0.3 is 24.8 Å². The molecule has 0 aliphatic carbocycles. The molecular formula is C39H50FN6O7P. The Kier molecular flexibility index (Phi) is 14.6. The zero-order valence-electron chi connectivity index (χ0n) is 30.8. The number of ether oxygens (including phenoxy) is 2. The zero-order chi connectivity index (χ0) is 38.6. The van der Waals surface area contributed by atoms with E-state index in [9.17, 15) is 18.9 Å². The van der Waals surface area contributed by atoms with Gasteiger partial charge >= 0.3 is 19.8 Å². The molecule has 1 aliphatic heterocycles. The van der Waals surface area contributed by atoms with Crippen molar-refractivity contribution < 1.29 is 37.4 Å². The number of nitrogens with one attached hydrogen (secondary N) is 1. The first kappa shape index (κ1) is 40.8. The molecule has 3 heterocycles. The predicted molar refractivity (Wildman–Crippen MR) is 202 cm³/mol. The topological polar surface area (TPSA) is 173 Å². The number of rotatable bonds is 21. The summed E-state index contributed by atoms with van der Waals surface area (Å²) in [5, 5.41) is 14.1. The molecule has 5 rings (SSSR count). The van der Waals surface area contributed by atoms with Gasteiger partial charge in [0.1, 0.15) is 30.7 Å². The Bertz CT molecular complexity index is 1880. The number of benzene rings is 2. The maximum Gasteiger partial charge on any atom is 0.459 e.